The van der Waals surface area contributed by atoms with Crippen molar-refractivity contribution in [3.05, 3.63) is 99.6 Å². The minimum Gasteiger partial charge on any atom is -0.507 e. The molecule has 29 heavy (non-hydrogen) atoms. The molecule has 0 radical (unpaired) electrons. The lowest BCUT2D eigenvalue weighted by atomic mass is 10.2. The molecule has 2 N–H and O–H groups in total. The van der Waals surface area contributed by atoms with E-state index in [0.29, 0.717) is 5.75 Å². The number of nitro groups is 1. The van der Waals surface area contributed by atoms with E-state index in [1.54, 1.807) is 48.5 Å². The van der Waals surface area contributed by atoms with Crippen LogP contribution < -0.4 is 10.2 Å². The van der Waals surface area contributed by atoms with Crippen LogP contribution in [0, 0.1) is 10.1 Å². The molecule has 0 aliphatic heterocycles. The van der Waals surface area contributed by atoms with Gasteiger partial charge in [0, 0.05) is 12.1 Å². The molecule has 0 saturated heterocycles. The van der Waals surface area contributed by atoms with Crippen LogP contribution in [0.1, 0.15) is 21.5 Å². The molecule has 146 valence electrons. The molecule has 0 spiro atoms. The molecule has 0 unspecified atom stereocenters. The number of phenols is 1. The number of benzene rings is 3. The van der Waals surface area contributed by atoms with Gasteiger partial charge in [0.15, 0.2) is 0 Å². The maximum Gasteiger partial charge on any atom is 0.275 e. The number of phenolic OH excluding ortho intramolecular Hbond substituents is 1. The fourth-order valence-electron chi connectivity index (χ4n) is 2.42. The molecular formula is C21H17N3O5. The molecule has 0 saturated carbocycles. The average Bonchev–Trinajstić information content (AvgIpc) is 2.73. The van der Waals surface area contributed by atoms with Gasteiger partial charge in [0.25, 0.3) is 11.6 Å². The van der Waals surface area contributed by atoms with E-state index >= 15 is 0 Å². The van der Waals surface area contributed by atoms with Gasteiger partial charge in [-0.05, 0) is 59.7 Å². The third-order valence-corrected chi connectivity index (χ3v) is 3.96. The first kappa shape index (κ1) is 19.6. The summed E-state index contributed by atoms with van der Waals surface area (Å²) in [7, 11) is 0. The number of hydrogen-bond donors (Lipinski definition) is 2. The SMILES string of the molecule is O=C(N/N=C/c1ccc(OCc2ccc([N+](=O)[O-])cc2)cc1)c1ccccc1O. The molecule has 0 heterocycles. The van der Waals surface area contributed by atoms with Crippen LogP contribution in [0.25, 0.3) is 0 Å². The molecule has 0 aliphatic rings. The first-order valence-electron chi connectivity index (χ1n) is 8.60. The second-order valence-corrected chi connectivity index (χ2v) is 6.00. The molecule has 1 amide bonds. The molecule has 8 nitrogen and oxygen atoms in total. The lowest BCUT2D eigenvalue weighted by Crippen LogP contribution is -2.17. The zero-order valence-corrected chi connectivity index (χ0v) is 15.2. The molecule has 0 fully saturated rings. The Morgan fingerprint density at radius 3 is 2.41 bits per heavy atom. The van der Waals surface area contributed by atoms with E-state index in [1.165, 1.54) is 30.5 Å². The number of carbonyl (C=O) groups is 1. The van der Waals surface area contributed by atoms with E-state index < -0.39 is 10.8 Å². The van der Waals surface area contributed by atoms with Crippen molar-refractivity contribution in [2.75, 3.05) is 0 Å². The summed E-state index contributed by atoms with van der Waals surface area (Å²) in [5.74, 6) is -0.00382. The molecule has 0 aromatic heterocycles. The van der Waals surface area contributed by atoms with Gasteiger partial charge < -0.3 is 9.84 Å². The van der Waals surface area contributed by atoms with Gasteiger partial charge in [-0.1, -0.05) is 12.1 Å². The molecular weight excluding hydrogens is 374 g/mol. The number of hydrazone groups is 1. The average molecular weight is 391 g/mol. The van der Waals surface area contributed by atoms with Crippen LogP contribution >= 0.6 is 0 Å². The maximum atomic E-state index is 11.9. The van der Waals surface area contributed by atoms with E-state index in [1.807, 2.05) is 0 Å². The first-order valence-corrected chi connectivity index (χ1v) is 8.60. The number of rotatable bonds is 7. The Hall–Kier alpha value is -4.20. The summed E-state index contributed by atoms with van der Waals surface area (Å²) in [4.78, 5) is 22.1. The van der Waals surface area contributed by atoms with Crippen molar-refractivity contribution in [3.8, 4) is 11.5 Å². The Morgan fingerprint density at radius 1 is 1.07 bits per heavy atom. The number of carbonyl (C=O) groups excluding carboxylic acids is 1. The van der Waals surface area contributed by atoms with E-state index in [9.17, 15) is 20.0 Å². The third kappa shape index (κ3) is 5.39. The van der Waals surface area contributed by atoms with Gasteiger partial charge in [0.05, 0.1) is 16.7 Å². The van der Waals surface area contributed by atoms with Crippen molar-refractivity contribution in [1.82, 2.24) is 5.43 Å². The van der Waals surface area contributed by atoms with E-state index in [-0.39, 0.29) is 23.6 Å². The molecule has 0 atom stereocenters. The number of nitrogens with one attached hydrogen (secondary N) is 1. The number of hydrogen-bond acceptors (Lipinski definition) is 6. The highest BCUT2D eigenvalue weighted by atomic mass is 16.6. The molecule has 0 aliphatic carbocycles. The maximum absolute atomic E-state index is 11.9. The highest BCUT2D eigenvalue weighted by Crippen LogP contribution is 2.17. The van der Waals surface area contributed by atoms with Gasteiger partial charge in [0.1, 0.15) is 18.1 Å². The quantitative estimate of drug-likeness (QED) is 0.363. The highest BCUT2D eigenvalue weighted by Gasteiger charge is 2.08. The molecule has 3 aromatic rings. The summed E-state index contributed by atoms with van der Waals surface area (Å²) in [6.45, 7) is 0.280. The zero-order valence-electron chi connectivity index (χ0n) is 15.2. The van der Waals surface area contributed by atoms with Crippen LogP contribution in [0.4, 0.5) is 5.69 Å². The predicted molar refractivity (Wildman–Crippen MR) is 107 cm³/mol. The smallest absolute Gasteiger partial charge is 0.275 e. The van der Waals surface area contributed by atoms with E-state index in [2.05, 4.69) is 10.5 Å². The van der Waals surface area contributed by atoms with Crippen molar-refractivity contribution < 1.29 is 19.6 Å². The monoisotopic (exact) mass is 391 g/mol. The van der Waals surface area contributed by atoms with Crippen LogP contribution in [0.15, 0.2) is 77.9 Å². The van der Waals surface area contributed by atoms with Gasteiger partial charge in [-0.15, -0.1) is 0 Å². The Labute approximate surface area is 166 Å². The number of aromatic hydroxyl groups is 1. The summed E-state index contributed by atoms with van der Waals surface area (Å²) in [5.41, 5.74) is 4.08. The second-order valence-electron chi connectivity index (χ2n) is 6.00. The van der Waals surface area contributed by atoms with Crippen molar-refractivity contribution >= 4 is 17.8 Å². The van der Waals surface area contributed by atoms with Gasteiger partial charge >= 0.3 is 0 Å². The zero-order chi connectivity index (χ0) is 20.6. The largest absolute Gasteiger partial charge is 0.507 e. The molecule has 8 heteroatoms. The van der Waals surface area contributed by atoms with Gasteiger partial charge in [-0.3, -0.25) is 14.9 Å². The topological polar surface area (TPSA) is 114 Å². The number of para-hydroxylation sites is 1. The normalized spacial score (nSPS) is 10.6. The fourth-order valence-corrected chi connectivity index (χ4v) is 2.42. The predicted octanol–water partition coefficient (Wildman–Crippen LogP) is 3.64. The minimum absolute atomic E-state index is 0.0342. The number of nitrogens with zero attached hydrogens (tertiary/aromatic N) is 2. The Kier molecular flexibility index (Phi) is 6.16. The van der Waals surface area contributed by atoms with Crippen LogP contribution in [0.3, 0.4) is 0 Å². The number of non-ortho nitro benzene ring substituents is 1. The second kappa shape index (κ2) is 9.14. The van der Waals surface area contributed by atoms with Crippen molar-refractivity contribution in [3.63, 3.8) is 0 Å². The lowest BCUT2D eigenvalue weighted by molar-refractivity contribution is -0.384. The van der Waals surface area contributed by atoms with Crippen molar-refractivity contribution in [2.45, 2.75) is 6.61 Å². The number of amides is 1. The highest BCUT2D eigenvalue weighted by molar-refractivity contribution is 5.97. The number of ether oxygens (including phenoxy) is 1. The van der Waals surface area contributed by atoms with Crippen molar-refractivity contribution in [2.24, 2.45) is 5.10 Å². The van der Waals surface area contributed by atoms with E-state index in [0.717, 1.165) is 11.1 Å². The Balaban J connectivity index is 1.52. The van der Waals surface area contributed by atoms with Gasteiger partial charge in [-0.25, -0.2) is 5.43 Å². The van der Waals surface area contributed by atoms with Crippen LogP contribution in [-0.4, -0.2) is 22.2 Å². The summed E-state index contributed by atoms with van der Waals surface area (Å²) in [6.07, 6.45) is 1.47. The molecule has 3 aromatic carbocycles. The Morgan fingerprint density at radius 2 is 1.76 bits per heavy atom. The van der Waals surface area contributed by atoms with Crippen LogP contribution in [0.5, 0.6) is 11.5 Å². The van der Waals surface area contributed by atoms with Crippen LogP contribution in [0.2, 0.25) is 0 Å². The minimum atomic E-state index is -0.512. The third-order valence-electron chi connectivity index (χ3n) is 3.96. The van der Waals surface area contributed by atoms with Gasteiger partial charge in [0.2, 0.25) is 0 Å². The summed E-state index contributed by atoms with van der Waals surface area (Å²) >= 11 is 0. The van der Waals surface area contributed by atoms with E-state index in [4.69, 9.17) is 4.74 Å². The summed E-state index contributed by atoms with van der Waals surface area (Å²) in [6, 6.07) is 19.4. The Bertz CT molecular complexity index is 1030. The molecule has 3 rings (SSSR count). The van der Waals surface area contributed by atoms with Gasteiger partial charge in [-0.2, -0.15) is 5.10 Å². The van der Waals surface area contributed by atoms with Crippen LogP contribution in [-0.2, 0) is 6.61 Å². The standard InChI is InChI=1S/C21H17N3O5/c25-20-4-2-1-3-19(20)21(26)23-22-13-15-7-11-18(12-8-15)29-14-16-5-9-17(10-6-16)24(27)28/h1-13,25H,14H2,(H,23,26)/b22-13+. The summed E-state index contributed by atoms with van der Waals surface area (Å²) < 4.78 is 5.65. The first-order chi connectivity index (χ1) is 14.0. The fraction of sp³-hybridized carbons (Fsp3) is 0.0476. The molecule has 0 bridgehead atoms. The summed E-state index contributed by atoms with van der Waals surface area (Å²) in [5, 5.41) is 24.2. The lowest BCUT2D eigenvalue weighted by Gasteiger charge is -2.06. The number of nitro benzene ring substituents is 1. The van der Waals surface area contributed by atoms with Crippen molar-refractivity contribution in [1.29, 1.82) is 0 Å².